The number of carbonyl (C=O) groups is 1. The van der Waals surface area contributed by atoms with Gasteiger partial charge in [0.15, 0.2) is 0 Å². The van der Waals surface area contributed by atoms with Crippen molar-refractivity contribution < 1.29 is 9.18 Å². The molecule has 2 nitrogen and oxygen atoms in total. The number of benzene rings is 1. The Bertz CT molecular complexity index is 583. The van der Waals surface area contributed by atoms with Crippen molar-refractivity contribution in [2.24, 2.45) is 17.8 Å². The first kappa shape index (κ1) is 16.0. The standard InChI is InChI=1S/C20H24FNO/c21-17-13-9-10-14-18(17)22-20(23)19-15-11-7-5-3-1-2-4-6-8-12-16(15)19/h3-6,9-10,13-16,19H,1-2,7-8,11-12H2,(H,22,23)/t15-,16-,19?/m1/s1. The predicted molar refractivity (Wildman–Crippen MR) is 91.5 cm³/mol. The van der Waals surface area contributed by atoms with E-state index in [-0.39, 0.29) is 17.6 Å². The molecule has 0 spiro atoms. The van der Waals surface area contributed by atoms with Gasteiger partial charge in [0.25, 0.3) is 0 Å². The average molecular weight is 313 g/mol. The van der Waals surface area contributed by atoms with Crippen molar-refractivity contribution in [3.8, 4) is 0 Å². The smallest absolute Gasteiger partial charge is 0.228 e. The van der Waals surface area contributed by atoms with Crippen LogP contribution in [0.25, 0.3) is 0 Å². The second-order valence-electron chi connectivity index (χ2n) is 6.50. The highest BCUT2D eigenvalue weighted by atomic mass is 19.1. The number of anilines is 1. The minimum atomic E-state index is -0.369. The summed E-state index contributed by atoms with van der Waals surface area (Å²) in [5, 5.41) is 2.78. The van der Waals surface area contributed by atoms with E-state index >= 15 is 0 Å². The van der Waals surface area contributed by atoms with E-state index in [1.165, 1.54) is 6.07 Å². The number of fused-ring (bicyclic) bond motifs is 1. The fraction of sp³-hybridized carbons (Fsp3) is 0.450. The third-order valence-corrected chi connectivity index (χ3v) is 4.93. The SMILES string of the molecule is O=C(Nc1ccccc1F)C1[C@@H]2CCC=CCCC=CCC[C@@H]12. The number of nitrogens with one attached hydrogen (secondary N) is 1. The number of allylic oxidation sites excluding steroid dienone is 4. The Morgan fingerprint density at radius 1 is 0.913 bits per heavy atom. The number of rotatable bonds is 2. The molecule has 23 heavy (non-hydrogen) atoms. The summed E-state index contributed by atoms with van der Waals surface area (Å²) in [6.45, 7) is 0. The maximum Gasteiger partial charge on any atom is 0.228 e. The van der Waals surface area contributed by atoms with Gasteiger partial charge in [-0.1, -0.05) is 36.4 Å². The second kappa shape index (κ2) is 7.58. The molecule has 0 aromatic heterocycles. The molecule has 1 fully saturated rings. The van der Waals surface area contributed by atoms with Crippen LogP contribution in [0.15, 0.2) is 48.6 Å². The fourth-order valence-electron chi connectivity index (χ4n) is 3.64. The molecular formula is C20H24FNO. The van der Waals surface area contributed by atoms with Crippen LogP contribution >= 0.6 is 0 Å². The van der Waals surface area contributed by atoms with E-state index in [1.54, 1.807) is 18.2 Å². The fourth-order valence-corrected chi connectivity index (χ4v) is 3.64. The Kier molecular flexibility index (Phi) is 5.27. The third kappa shape index (κ3) is 4.10. The number of halogens is 1. The van der Waals surface area contributed by atoms with Gasteiger partial charge in [0.1, 0.15) is 5.82 Å². The lowest BCUT2D eigenvalue weighted by atomic mass is 10.1. The molecule has 0 unspecified atom stereocenters. The Morgan fingerprint density at radius 3 is 2.09 bits per heavy atom. The van der Waals surface area contributed by atoms with E-state index in [9.17, 15) is 9.18 Å². The lowest BCUT2D eigenvalue weighted by Crippen LogP contribution is -2.16. The largest absolute Gasteiger partial charge is 0.323 e. The molecule has 1 aromatic rings. The molecule has 122 valence electrons. The molecule has 1 saturated carbocycles. The molecule has 2 aliphatic rings. The van der Waals surface area contributed by atoms with Crippen LogP contribution < -0.4 is 5.32 Å². The summed E-state index contributed by atoms with van der Waals surface area (Å²) in [5.74, 6) is 0.537. The number of para-hydroxylation sites is 1. The summed E-state index contributed by atoms with van der Waals surface area (Å²) < 4.78 is 13.7. The Hall–Kier alpha value is -1.90. The Balaban J connectivity index is 1.63. The monoisotopic (exact) mass is 313 g/mol. The molecule has 1 amide bonds. The molecule has 1 aromatic carbocycles. The van der Waals surface area contributed by atoms with Gasteiger partial charge in [-0.25, -0.2) is 4.39 Å². The molecule has 3 rings (SSSR count). The van der Waals surface area contributed by atoms with E-state index in [0.29, 0.717) is 17.5 Å². The van der Waals surface area contributed by atoms with Gasteiger partial charge in [0, 0.05) is 5.92 Å². The van der Waals surface area contributed by atoms with Gasteiger partial charge in [-0.05, 0) is 62.5 Å². The second-order valence-corrected chi connectivity index (χ2v) is 6.50. The summed E-state index contributed by atoms with van der Waals surface area (Å²) in [6.07, 6.45) is 15.3. The summed E-state index contributed by atoms with van der Waals surface area (Å²) in [5.41, 5.74) is 0.291. The van der Waals surface area contributed by atoms with Crippen molar-refractivity contribution in [3.63, 3.8) is 0 Å². The van der Waals surface area contributed by atoms with Crippen LogP contribution in [-0.2, 0) is 4.79 Å². The normalized spacial score (nSPS) is 27.4. The summed E-state index contributed by atoms with van der Waals surface area (Å²) in [6, 6.07) is 6.37. The van der Waals surface area contributed by atoms with Crippen molar-refractivity contribution in [1.29, 1.82) is 0 Å². The highest BCUT2D eigenvalue weighted by Crippen LogP contribution is 2.52. The highest BCUT2D eigenvalue weighted by molar-refractivity contribution is 5.95. The van der Waals surface area contributed by atoms with E-state index in [0.717, 1.165) is 38.5 Å². The van der Waals surface area contributed by atoms with Crippen molar-refractivity contribution in [1.82, 2.24) is 0 Å². The molecule has 0 aliphatic heterocycles. The molecule has 3 heteroatoms. The van der Waals surface area contributed by atoms with Gasteiger partial charge in [-0.15, -0.1) is 0 Å². The summed E-state index contributed by atoms with van der Waals surface area (Å²) >= 11 is 0. The first-order valence-electron chi connectivity index (χ1n) is 8.63. The lowest BCUT2D eigenvalue weighted by Gasteiger charge is -2.05. The van der Waals surface area contributed by atoms with Crippen molar-refractivity contribution >= 4 is 11.6 Å². The highest BCUT2D eigenvalue weighted by Gasteiger charge is 2.52. The van der Waals surface area contributed by atoms with E-state index in [4.69, 9.17) is 0 Å². The Labute approximate surface area is 137 Å². The van der Waals surface area contributed by atoms with Crippen LogP contribution in [0.5, 0.6) is 0 Å². The van der Waals surface area contributed by atoms with Crippen LogP contribution in [0.4, 0.5) is 10.1 Å². The van der Waals surface area contributed by atoms with E-state index < -0.39 is 0 Å². The van der Waals surface area contributed by atoms with Gasteiger partial charge < -0.3 is 5.32 Å². The van der Waals surface area contributed by atoms with Gasteiger partial charge in [-0.2, -0.15) is 0 Å². The van der Waals surface area contributed by atoms with Gasteiger partial charge in [0.2, 0.25) is 5.91 Å². The van der Waals surface area contributed by atoms with E-state index in [1.807, 2.05) is 0 Å². The third-order valence-electron chi connectivity index (χ3n) is 4.93. The van der Waals surface area contributed by atoms with E-state index in [2.05, 4.69) is 29.6 Å². The maximum absolute atomic E-state index is 13.7. The minimum absolute atomic E-state index is 0.0204. The zero-order valence-electron chi connectivity index (χ0n) is 13.4. The van der Waals surface area contributed by atoms with Crippen LogP contribution in [-0.4, -0.2) is 5.91 Å². The van der Waals surface area contributed by atoms with Crippen LogP contribution in [0.2, 0.25) is 0 Å². The molecule has 0 bridgehead atoms. The quantitative estimate of drug-likeness (QED) is 0.757. The zero-order chi connectivity index (χ0) is 16.1. The maximum atomic E-state index is 13.7. The summed E-state index contributed by atoms with van der Waals surface area (Å²) in [7, 11) is 0. The Morgan fingerprint density at radius 2 is 1.48 bits per heavy atom. The molecule has 2 aliphatic carbocycles. The van der Waals surface area contributed by atoms with Crippen LogP contribution in [0.1, 0.15) is 38.5 Å². The van der Waals surface area contributed by atoms with Crippen LogP contribution in [0.3, 0.4) is 0 Å². The average Bonchev–Trinajstić information content (AvgIpc) is 3.22. The minimum Gasteiger partial charge on any atom is -0.323 e. The molecule has 2 atom stereocenters. The van der Waals surface area contributed by atoms with Crippen molar-refractivity contribution in [2.75, 3.05) is 5.32 Å². The van der Waals surface area contributed by atoms with Gasteiger partial charge in [-0.3, -0.25) is 4.79 Å². The number of hydrogen-bond acceptors (Lipinski definition) is 1. The predicted octanol–water partition coefficient (Wildman–Crippen LogP) is 5.09. The van der Waals surface area contributed by atoms with Gasteiger partial charge >= 0.3 is 0 Å². The number of carbonyl (C=O) groups excluding carboxylic acids is 1. The first-order chi connectivity index (χ1) is 11.3. The number of hydrogen-bond donors (Lipinski definition) is 1. The topological polar surface area (TPSA) is 29.1 Å². The molecule has 0 saturated heterocycles. The van der Waals surface area contributed by atoms with Crippen molar-refractivity contribution in [2.45, 2.75) is 38.5 Å². The first-order valence-corrected chi connectivity index (χ1v) is 8.63. The van der Waals surface area contributed by atoms with Crippen LogP contribution in [0, 0.1) is 23.6 Å². The lowest BCUT2D eigenvalue weighted by molar-refractivity contribution is -0.117. The number of amides is 1. The summed E-state index contributed by atoms with van der Waals surface area (Å²) in [4.78, 5) is 12.5. The van der Waals surface area contributed by atoms with Gasteiger partial charge in [0.05, 0.1) is 5.69 Å². The molecule has 0 heterocycles. The molecule has 1 N–H and O–H groups in total. The molecule has 0 radical (unpaired) electrons. The van der Waals surface area contributed by atoms with Crippen molar-refractivity contribution in [3.05, 3.63) is 54.4 Å². The zero-order valence-corrected chi connectivity index (χ0v) is 13.4. The molecular weight excluding hydrogens is 289 g/mol.